The molecule has 0 aliphatic heterocycles. The van der Waals surface area contributed by atoms with Crippen LogP contribution in [-0.2, 0) is 16.1 Å². The van der Waals surface area contributed by atoms with E-state index in [2.05, 4.69) is 12.2 Å². The van der Waals surface area contributed by atoms with Crippen molar-refractivity contribution in [3.8, 4) is 11.5 Å². The smallest absolute Gasteiger partial charge is 0.314 e. The van der Waals surface area contributed by atoms with Crippen LogP contribution in [0.15, 0.2) is 18.2 Å². The number of ether oxygens (including phenoxy) is 3. The Hall–Kier alpha value is -1.75. The number of carbonyl (C=O) groups is 1. The molecule has 118 valence electrons. The van der Waals surface area contributed by atoms with Gasteiger partial charge < -0.3 is 19.5 Å². The first-order chi connectivity index (χ1) is 9.94. The molecule has 0 spiro atoms. The summed E-state index contributed by atoms with van der Waals surface area (Å²) in [7, 11) is 2.98. The zero-order chi connectivity index (χ0) is 15.9. The van der Waals surface area contributed by atoms with E-state index < -0.39 is 5.41 Å². The van der Waals surface area contributed by atoms with Gasteiger partial charge in [0.1, 0.15) is 6.61 Å². The molecule has 0 heterocycles. The van der Waals surface area contributed by atoms with Crippen molar-refractivity contribution in [2.24, 2.45) is 5.41 Å². The molecule has 0 saturated heterocycles. The Balaban J connectivity index is 2.77. The minimum absolute atomic E-state index is 0.225. The second-order valence-corrected chi connectivity index (χ2v) is 5.43. The summed E-state index contributed by atoms with van der Waals surface area (Å²) in [5.74, 6) is 0.978. The van der Waals surface area contributed by atoms with Crippen LogP contribution in [-0.4, -0.2) is 33.3 Å². The van der Waals surface area contributed by atoms with Crippen LogP contribution in [0, 0.1) is 5.41 Å². The lowest BCUT2D eigenvalue weighted by Gasteiger charge is -2.22. The molecule has 1 N–H and O–H groups in total. The Morgan fingerprint density at radius 3 is 2.52 bits per heavy atom. The third-order valence-electron chi connectivity index (χ3n) is 3.13. The van der Waals surface area contributed by atoms with Crippen molar-refractivity contribution in [3.05, 3.63) is 23.8 Å². The number of nitrogens with one attached hydrogen (secondary N) is 1. The van der Waals surface area contributed by atoms with Gasteiger partial charge in [0, 0.05) is 6.54 Å². The van der Waals surface area contributed by atoms with Crippen molar-refractivity contribution in [2.45, 2.75) is 27.3 Å². The van der Waals surface area contributed by atoms with E-state index in [-0.39, 0.29) is 12.6 Å². The number of benzene rings is 1. The minimum atomic E-state index is -0.706. The molecule has 1 aromatic carbocycles. The Morgan fingerprint density at radius 1 is 1.24 bits per heavy atom. The molecule has 0 radical (unpaired) electrons. The molecule has 21 heavy (non-hydrogen) atoms. The highest BCUT2D eigenvalue weighted by Crippen LogP contribution is 2.30. The molecule has 0 saturated carbocycles. The van der Waals surface area contributed by atoms with Gasteiger partial charge in [-0.15, -0.1) is 0 Å². The predicted molar refractivity (Wildman–Crippen MR) is 81.7 cm³/mol. The first kappa shape index (κ1) is 17.3. The normalized spacial score (nSPS) is 11.1. The van der Waals surface area contributed by atoms with Crippen LogP contribution in [0.3, 0.4) is 0 Å². The van der Waals surface area contributed by atoms with Crippen molar-refractivity contribution in [1.29, 1.82) is 0 Å². The van der Waals surface area contributed by atoms with Crippen LogP contribution in [0.1, 0.15) is 26.3 Å². The zero-order valence-electron chi connectivity index (χ0n) is 13.5. The SMILES string of the molecule is CCNCc1ccc(OCC(C)(C)C(=O)OC)c(OC)c1. The number of hydrogen-bond donors (Lipinski definition) is 1. The quantitative estimate of drug-likeness (QED) is 0.746. The highest BCUT2D eigenvalue weighted by atomic mass is 16.5. The predicted octanol–water partition coefficient (Wildman–Crippen LogP) is 2.38. The summed E-state index contributed by atoms with van der Waals surface area (Å²) in [6.07, 6.45) is 0. The van der Waals surface area contributed by atoms with Gasteiger partial charge in [-0.05, 0) is 38.1 Å². The molecule has 0 atom stereocenters. The summed E-state index contributed by atoms with van der Waals surface area (Å²) < 4.78 is 15.8. The fourth-order valence-corrected chi connectivity index (χ4v) is 1.80. The first-order valence-corrected chi connectivity index (χ1v) is 7.03. The fourth-order valence-electron chi connectivity index (χ4n) is 1.80. The van der Waals surface area contributed by atoms with Crippen molar-refractivity contribution in [2.75, 3.05) is 27.4 Å². The van der Waals surface area contributed by atoms with E-state index in [1.807, 2.05) is 18.2 Å². The van der Waals surface area contributed by atoms with Gasteiger partial charge in [-0.25, -0.2) is 0 Å². The van der Waals surface area contributed by atoms with E-state index in [9.17, 15) is 4.79 Å². The lowest BCUT2D eigenvalue weighted by Crippen LogP contribution is -2.32. The molecule has 1 rings (SSSR count). The number of rotatable bonds is 8. The van der Waals surface area contributed by atoms with Crippen LogP contribution in [0.4, 0.5) is 0 Å². The van der Waals surface area contributed by atoms with Gasteiger partial charge >= 0.3 is 5.97 Å². The van der Waals surface area contributed by atoms with Gasteiger partial charge in [0.25, 0.3) is 0 Å². The Labute approximate surface area is 126 Å². The van der Waals surface area contributed by atoms with E-state index in [1.54, 1.807) is 21.0 Å². The lowest BCUT2D eigenvalue weighted by atomic mass is 9.95. The average molecular weight is 295 g/mol. The number of carbonyl (C=O) groups excluding carboxylic acids is 1. The van der Waals surface area contributed by atoms with Gasteiger partial charge in [0.15, 0.2) is 11.5 Å². The lowest BCUT2D eigenvalue weighted by molar-refractivity contribution is -0.152. The molecule has 0 aliphatic rings. The van der Waals surface area contributed by atoms with Gasteiger partial charge in [-0.1, -0.05) is 13.0 Å². The molecule has 5 heteroatoms. The van der Waals surface area contributed by atoms with Gasteiger partial charge in [0.05, 0.1) is 19.6 Å². The summed E-state index contributed by atoms with van der Waals surface area (Å²) in [5.41, 5.74) is 0.413. The van der Waals surface area contributed by atoms with Crippen LogP contribution < -0.4 is 14.8 Å². The summed E-state index contributed by atoms with van der Waals surface area (Å²) in [6, 6.07) is 5.77. The average Bonchev–Trinajstić information content (AvgIpc) is 2.50. The standard InChI is InChI=1S/C16H25NO4/c1-6-17-10-12-7-8-13(14(9-12)19-4)21-11-16(2,3)15(18)20-5/h7-9,17H,6,10-11H2,1-5H3. The van der Waals surface area contributed by atoms with E-state index in [0.29, 0.717) is 11.5 Å². The number of hydrogen-bond acceptors (Lipinski definition) is 5. The Kier molecular flexibility index (Phi) is 6.49. The first-order valence-electron chi connectivity index (χ1n) is 7.03. The van der Waals surface area contributed by atoms with Crippen LogP contribution in [0.25, 0.3) is 0 Å². The van der Waals surface area contributed by atoms with Gasteiger partial charge in [0.2, 0.25) is 0 Å². The maximum Gasteiger partial charge on any atom is 0.314 e. The summed E-state index contributed by atoms with van der Waals surface area (Å²) in [4.78, 5) is 11.6. The second-order valence-electron chi connectivity index (χ2n) is 5.43. The monoisotopic (exact) mass is 295 g/mol. The van der Waals surface area contributed by atoms with E-state index in [1.165, 1.54) is 7.11 Å². The molecule has 0 amide bonds. The highest BCUT2D eigenvalue weighted by molar-refractivity contribution is 5.75. The van der Waals surface area contributed by atoms with Gasteiger partial charge in [-0.3, -0.25) is 4.79 Å². The molecule has 0 unspecified atom stereocenters. The maximum absolute atomic E-state index is 11.6. The highest BCUT2D eigenvalue weighted by Gasteiger charge is 2.30. The zero-order valence-corrected chi connectivity index (χ0v) is 13.5. The van der Waals surface area contributed by atoms with E-state index >= 15 is 0 Å². The molecule has 1 aromatic rings. The molecule has 0 bridgehead atoms. The molecule has 0 aromatic heterocycles. The molecular formula is C16H25NO4. The fraction of sp³-hybridized carbons (Fsp3) is 0.562. The van der Waals surface area contributed by atoms with E-state index in [4.69, 9.17) is 14.2 Å². The van der Waals surface area contributed by atoms with Crippen LogP contribution in [0.5, 0.6) is 11.5 Å². The third kappa shape index (κ3) is 4.93. The van der Waals surface area contributed by atoms with Crippen LogP contribution in [0.2, 0.25) is 0 Å². The third-order valence-corrected chi connectivity index (χ3v) is 3.13. The topological polar surface area (TPSA) is 56.8 Å². The van der Waals surface area contributed by atoms with Crippen molar-refractivity contribution >= 4 is 5.97 Å². The molecule has 5 nitrogen and oxygen atoms in total. The molecule has 0 aliphatic carbocycles. The van der Waals surface area contributed by atoms with Gasteiger partial charge in [-0.2, -0.15) is 0 Å². The van der Waals surface area contributed by atoms with Crippen molar-refractivity contribution in [3.63, 3.8) is 0 Å². The Morgan fingerprint density at radius 2 is 1.95 bits per heavy atom. The van der Waals surface area contributed by atoms with E-state index in [0.717, 1.165) is 18.7 Å². The second kappa shape index (κ2) is 7.88. The Bertz CT molecular complexity index is 471. The largest absolute Gasteiger partial charge is 0.493 e. The molecular weight excluding hydrogens is 270 g/mol. The maximum atomic E-state index is 11.6. The van der Waals surface area contributed by atoms with Crippen molar-refractivity contribution < 1.29 is 19.0 Å². The number of methoxy groups -OCH3 is 2. The number of esters is 1. The summed E-state index contributed by atoms with van der Waals surface area (Å²) >= 11 is 0. The summed E-state index contributed by atoms with van der Waals surface area (Å²) in [5, 5.41) is 3.26. The van der Waals surface area contributed by atoms with Crippen LogP contribution >= 0.6 is 0 Å². The minimum Gasteiger partial charge on any atom is -0.493 e. The molecule has 0 fully saturated rings. The van der Waals surface area contributed by atoms with Crippen molar-refractivity contribution in [1.82, 2.24) is 5.32 Å². The summed E-state index contributed by atoms with van der Waals surface area (Å²) in [6.45, 7) is 7.54.